The highest BCUT2D eigenvalue weighted by atomic mass is 16.7. The Labute approximate surface area is 358 Å². The normalized spacial score (nSPS) is 23.1. The number of ether oxygens (including phenoxy) is 4. The van der Waals surface area contributed by atoms with Gasteiger partial charge in [0.25, 0.3) is 0 Å². The van der Waals surface area contributed by atoms with Crippen LogP contribution >= 0.6 is 0 Å². The number of nitrogens with zero attached hydrogens (tertiary/aromatic N) is 2. The van der Waals surface area contributed by atoms with Crippen molar-refractivity contribution in [3.05, 3.63) is 150 Å². The second-order valence-electron chi connectivity index (χ2n) is 16.0. The number of rotatable bonds is 20. The first-order chi connectivity index (χ1) is 29.9. The Morgan fingerprint density at radius 2 is 1.59 bits per heavy atom. The Bertz CT molecular complexity index is 2160. The molecule has 2 aliphatic carbocycles. The fourth-order valence-electron chi connectivity index (χ4n) is 9.29. The molecule has 2 N–H and O–H groups in total. The first kappa shape index (κ1) is 43.3. The minimum Gasteiger partial charge on any atom is -0.459 e. The molecule has 1 heterocycles. The zero-order chi connectivity index (χ0) is 42.6. The van der Waals surface area contributed by atoms with Crippen LogP contribution in [0.2, 0.25) is 0 Å². The number of fused-ring (bicyclic) bond motifs is 2. The Balaban J connectivity index is 1.38. The third-order valence-electron chi connectivity index (χ3n) is 12.1. The zero-order valence-electron chi connectivity index (χ0n) is 34.8. The lowest BCUT2D eigenvalue weighted by atomic mass is 9.55. The van der Waals surface area contributed by atoms with Gasteiger partial charge in [0, 0.05) is 43.7 Å². The molecule has 6 atom stereocenters. The molecule has 3 aliphatic rings. The van der Waals surface area contributed by atoms with Gasteiger partial charge in [-0.3, -0.25) is 4.79 Å². The summed E-state index contributed by atoms with van der Waals surface area (Å²) < 4.78 is 26.6. The summed E-state index contributed by atoms with van der Waals surface area (Å²) in [4.78, 5) is 33.6. The van der Waals surface area contributed by atoms with E-state index in [1.165, 1.54) is 0 Å². The molecule has 4 aromatic rings. The molecule has 0 aromatic heterocycles. The third kappa shape index (κ3) is 9.91. The molecule has 0 unspecified atom stereocenters. The second kappa shape index (κ2) is 20.7. The predicted molar refractivity (Wildman–Crippen MR) is 232 cm³/mol. The van der Waals surface area contributed by atoms with Crippen LogP contribution in [-0.2, 0) is 27.5 Å². The molecule has 1 amide bonds. The van der Waals surface area contributed by atoms with Crippen molar-refractivity contribution >= 4 is 18.1 Å². The predicted octanol–water partition coefficient (Wildman–Crippen LogP) is 9.39. The van der Waals surface area contributed by atoms with E-state index >= 15 is 0 Å². The van der Waals surface area contributed by atoms with E-state index < -0.39 is 23.8 Å². The van der Waals surface area contributed by atoms with Crippen LogP contribution in [0.3, 0.4) is 0 Å². The Morgan fingerprint density at radius 1 is 0.885 bits per heavy atom. The molecule has 1 aliphatic heterocycles. The molecule has 61 heavy (non-hydrogen) atoms. The van der Waals surface area contributed by atoms with Gasteiger partial charge in [0.05, 0.1) is 18.2 Å². The number of allylic oxidation sites excluding steroid dienone is 1. The van der Waals surface area contributed by atoms with Gasteiger partial charge < -0.3 is 38.9 Å². The summed E-state index contributed by atoms with van der Waals surface area (Å²) in [7, 11) is 1.71. The maximum absolute atomic E-state index is 14.2. The number of likely N-dealkylation sites (N-methyl/N-ethyl adjacent to an activating group) is 1. The molecule has 0 spiro atoms. The number of oxime groups is 1. The molecular weight excluding hydrogens is 773 g/mol. The highest BCUT2D eigenvalue weighted by molar-refractivity contribution is 6.03. The van der Waals surface area contributed by atoms with Crippen LogP contribution in [0.15, 0.2) is 133 Å². The average molecular weight is 829 g/mol. The van der Waals surface area contributed by atoms with E-state index in [2.05, 4.69) is 12.7 Å². The molecule has 11 nitrogen and oxygen atoms in total. The van der Waals surface area contributed by atoms with Crippen LogP contribution < -0.4 is 9.47 Å². The van der Waals surface area contributed by atoms with E-state index in [1.54, 1.807) is 36.2 Å². The Kier molecular flexibility index (Phi) is 14.7. The van der Waals surface area contributed by atoms with E-state index in [1.807, 2.05) is 84.9 Å². The van der Waals surface area contributed by atoms with Crippen molar-refractivity contribution in [2.45, 2.75) is 75.9 Å². The van der Waals surface area contributed by atoms with E-state index in [9.17, 15) is 19.8 Å². The van der Waals surface area contributed by atoms with Crippen molar-refractivity contribution in [2.24, 2.45) is 22.9 Å². The van der Waals surface area contributed by atoms with Crippen molar-refractivity contribution in [3.8, 4) is 17.2 Å². The minimum absolute atomic E-state index is 0.0302. The summed E-state index contributed by atoms with van der Waals surface area (Å²) in [6.45, 7) is 4.65. The molecule has 1 saturated carbocycles. The fourth-order valence-corrected chi connectivity index (χ4v) is 9.29. The largest absolute Gasteiger partial charge is 0.459 e. The molecule has 0 bridgehead atoms. The number of unbranched alkanes of at least 4 members (excludes halogenated alkanes) is 2. The van der Waals surface area contributed by atoms with Crippen LogP contribution in [0.5, 0.6) is 17.2 Å². The topological polar surface area (TPSA) is 136 Å². The van der Waals surface area contributed by atoms with E-state index in [4.69, 9.17) is 28.9 Å². The summed E-state index contributed by atoms with van der Waals surface area (Å²) in [6, 6.07) is 31.4. The quantitative estimate of drug-likeness (QED) is 0.0387. The number of aldehydes is 1. The molecule has 0 radical (unpaired) electrons. The Morgan fingerprint density at radius 3 is 2.30 bits per heavy atom. The minimum atomic E-state index is -1.43. The standard InChI is InChI=1S/C50H56N2O9/c1-3-27-58-50-46(52(2)49(56)57-33-35-15-6-4-7-16-35)31-44(51-59-34-36-17-8-5-9-18-36)42-29-38(20-10-12-25-53)41(22-11-13-26-54)47(48(42)50)43-30-40(23-24-45(43)61-50)60-39-21-14-19-37(28-39)32-55/h3-9,14-19,21,23-24,28-30,32,38,41,46-48,53-54H,1,10-13,20,22,25-27,31,33-34H2,2H3/t38-,41+,46-,47+,48+,50+/m0/s1. The van der Waals surface area contributed by atoms with Gasteiger partial charge in [-0.25, -0.2) is 4.79 Å². The SMILES string of the molecule is C=CCO[C@@]12Oc3ccc(Oc4cccc(C=O)c4)cc3[C@H]3[C@H](CCCCO)[C@@H](CCCCO)C=C(C(=NOCc4ccccc4)C[C@@H]1N(C)C(=O)OCc1ccccc1)[C@H]32. The number of amides is 1. The summed E-state index contributed by atoms with van der Waals surface area (Å²) in [6.07, 6.45) is 8.98. The molecule has 7 rings (SSSR count). The van der Waals surface area contributed by atoms with Gasteiger partial charge in [0.2, 0.25) is 5.79 Å². The lowest BCUT2D eigenvalue weighted by Gasteiger charge is -2.59. The van der Waals surface area contributed by atoms with Crippen LogP contribution in [0.25, 0.3) is 0 Å². The van der Waals surface area contributed by atoms with Crippen molar-refractivity contribution in [1.29, 1.82) is 0 Å². The first-order valence-electron chi connectivity index (χ1n) is 21.3. The van der Waals surface area contributed by atoms with Crippen LogP contribution in [0, 0.1) is 17.8 Å². The molecule has 1 fully saturated rings. The lowest BCUT2D eigenvalue weighted by molar-refractivity contribution is -0.253. The highest BCUT2D eigenvalue weighted by Gasteiger charge is 2.65. The third-order valence-corrected chi connectivity index (χ3v) is 12.1. The molecule has 11 heteroatoms. The molecule has 4 aromatic carbocycles. The number of carbonyl (C=O) groups excluding carboxylic acids is 2. The molecule has 0 saturated heterocycles. The summed E-state index contributed by atoms with van der Waals surface area (Å²) in [5, 5.41) is 24.7. The van der Waals surface area contributed by atoms with Crippen LogP contribution in [0.1, 0.15) is 77.9 Å². The van der Waals surface area contributed by atoms with E-state index in [0.29, 0.717) is 41.4 Å². The van der Waals surface area contributed by atoms with E-state index in [-0.39, 0.29) is 57.2 Å². The number of aliphatic hydroxyl groups is 2. The lowest BCUT2D eigenvalue weighted by Crippen LogP contribution is -2.69. The highest BCUT2D eigenvalue weighted by Crippen LogP contribution is 2.62. The fraction of sp³-hybridized carbons (Fsp3) is 0.380. The number of carbonyl (C=O) groups is 2. The first-order valence-corrected chi connectivity index (χ1v) is 21.3. The monoisotopic (exact) mass is 828 g/mol. The Hall–Kier alpha value is -5.75. The van der Waals surface area contributed by atoms with Crippen LogP contribution in [-0.4, -0.2) is 71.9 Å². The smallest absolute Gasteiger partial charge is 0.410 e. The zero-order valence-corrected chi connectivity index (χ0v) is 34.8. The molecular formula is C50H56N2O9. The average Bonchev–Trinajstić information content (AvgIpc) is 3.29. The van der Waals surface area contributed by atoms with Gasteiger partial charge in [0.1, 0.15) is 42.8 Å². The number of aliphatic hydroxyl groups excluding tert-OH is 2. The van der Waals surface area contributed by atoms with Gasteiger partial charge in [-0.1, -0.05) is 103 Å². The van der Waals surface area contributed by atoms with Crippen molar-refractivity contribution in [2.75, 3.05) is 26.9 Å². The van der Waals surface area contributed by atoms with Crippen molar-refractivity contribution in [3.63, 3.8) is 0 Å². The number of benzene rings is 4. The van der Waals surface area contributed by atoms with Gasteiger partial charge in [0.15, 0.2) is 0 Å². The van der Waals surface area contributed by atoms with E-state index in [0.717, 1.165) is 54.2 Å². The van der Waals surface area contributed by atoms with Crippen LogP contribution in [0.4, 0.5) is 4.79 Å². The van der Waals surface area contributed by atoms with Crippen molar-refractivity contribution < 1.29 is 43.6 Å². The summed E-state index contributed by atoms with van der Waals surface area (Å²) >= 11 is 0. The molecule has 320 valence electrons. The number of hydrogen-bond acceptors (Lipinski definition) is 10. The second-order valence-corrected chi connectivity index (χ2v) is 16.0. The van der Waals surface area contributed by atoms with Gasteiger partial charge in [-0.05, 0) is 84.6 Å². The van der Waals surface area contributed by atoms with Gasteiger partial charge >= 0.3 is 6.09 Å². The maximum Gasteiger partial charge on any atom is 0.410 e. The summed E-state index contributed by atoms with van der Waals surface area (Å²) in [5.74, 6) is -0.391. The van der Waals surface area contributed by atoms with Gasteiger partial charge in [-0.2, -0.15) is 0 Å². The van der Waals surface area contributed by atoms with Crippen molar-refractivity contribution in [1.82, 2.24) is 4.90 Å². The maximum atomic E-state index is 14.2. The van der Waals surface area contributed by atoms with Gasteiger partial charge in [-0.15, -0.1) is 6.58 Å². The summed E-state index contributed by atoms with van der Waals surface area (Å²) in [5.41, 5.74) is 4.84. The number of hydrogen-bond donors (Lipinski definition) is 2.